The van der Waals surface area contributed by atoms with Crippen LogP contribution >= 0.6 is 0 Å². The molecule has 0 spiro atoms. The van der Waals surface area contributed by atoms with Crippen LogP contribution in [0, 0.1) is 0 Å². The third-order valence-electron chi connectivity index (χ3n) is 3.90. The summed E-state index contributed by atoms with van der Waals surface area (Å²) in [6.07, 6.45) is 2.89. The van der Waals surface area contributed by atoms with Crippen LogP contribution in [0.25, 0.3) is 0 Å². The molecular weight excluding hydrogens is 280 g/mol. The van der Waals surface area contributed by atoms with E-state index in [4.69, 9.17) is 4.74 Å². The summed E-state index contributed by atoms with van der Waals surface area (Å²) in [5, 5.41) is 0. The molecule has 0 unspecified atom stereocenters. The van der Waals surface area contributed by atoms with Gasteiger partial charge < -0.3 is 14.6 Å². The average Bonchev–Trinajstić information content (AvgIpc) is 3.03. The molecule has 1 aromatic carbocycles. The number of ether oxygens (including phenoxy) is 1. The lowest BCUT2D eigenvalue weighted by Crippen LogP contribution is -2.33. The highest BCUT2D eigenvalue weighted by Crippen LogP contribution is 2.30. The highest BCUT2D eigenvalue weighted by atomic mass is 16.6. The van der Waals surface area contributed by atoms with Crippen molar-refractivity contribution in [2.24, 2.45) is 0 Å². The summed E-state index contributed by atoms with van der Waals surface area (Å²) >= 11 is 0. The van der Waals surface area contributed by atoms with Gasteiger partial charge in [0.15, 0.2) is 0 Å². The minimum Gasteiger partial charge on any atom is -0.445 e. The number of rotatable bonds is 3. The van der Waals surface area contributed by atoms with Crippen molar-refractivity contribution in [3.05, 3.63) is 70.1 Å². The van der Waals surface area contributed by atoms with Gasteiger partial charge in [0, 0.05) is 18.3 Å². The van der Waals surface area contributed by atoms with E-state index in [2.05, 4.69) is 4.98 Å². The lowest BCUT2D eigenvalue weighted by atomic mass is 10.1. The fraction of sp³-hybridized carbons (Fsp3) is 0.294. The Balaban J connectivity index is 1.69. The van der Waals surface area contributed by atoms with Crippen molar-refractivity contribution >= 4 is 6.09 Å². The molecule has 1 amide bonds. The van der Waals surface area contributed by atoms with Crippen molar-refractivity contribution in [1.82, 2.24) is 9.88 Å². The second-order valence-electron chi connectivity index (χ2n) is 5.35. The number of benzene rings is 1. The molecule has 1 N–H and O–H groups in total. The van der Waals surface area contributed by atoms with Crippen molar-refractivity contribution in [1.29, 1.82) is 0 Å². The summed E-state index contributed by atoms with van der Waals surface area (Å²) in [6.45, 7) is 0.862. The largest absolute Gasteiger partial charge is 0.445 e. The average molecular weight is 298 g/mol. The molecule has 3 rings (SSSR count). The molecule has 1 saturated heterocycles. The predicted molar refractivity (Wildman–Crippen MR) is 82.4 cm³/mol. The van der Waals surface area contributed by atoms with E-state index in [0.717, 1.165) is 18.4 Å². The van der Waals surface area contributed by atoms with Crippen molar-refractivity contribution < 1.29 is 9.53 Å². The van der Waals surface area contributed by atoms with E-state index in [0.29, 0.717) is 12.1 Å². The van der Waals surface area contributed by atoms with E-state index >= 15 is 0 Å². The van der Waals surface area contributed by atoms with Crippen molar-refractivity contribution in [2.45, 2.75) is 25.5 Å². The summed E-state index contributed by atoms with van der Waals surface area (Å²) in [5.74, 6) is 0. The maximum atomic E-state index is 12.3. The van der Waals surface area contributed by atoms with Gasteiger partial charge in [0.05, 0.1) is 6.04 Å². The Kier molecular flexibility index (Phi) is 4.23. The minimum atomic E-state index is -0.366. The van der Waals surface area contributed by atoms with E-state index in [9.17, 15) is 9.59 Å². The fourth-order valence-electron chi connectivity index (χ4n) is 2.81. The first-order valence-electron chi connectivity index (χ1n) is 7.40. The van der Waals surface area contributed by atoms with Gasteiger partial charge in [-0.2, -0.15) is 0 Å². The van der Waals surface area contributed by atoms with Crippen molar-refractivity contribution in [2.75, 3.05) is 6.54 Å². The molecule has 0 bridgehead atoms. The van der Waals surface area contributed by atoms with Gasteiger partial charge in [0.2, 0.25) is 0 Å². The standard InChI is InChI=1S/C17H18N2O3/c20-16-14(8-4-10-18-16)15-9-5-11-19(15)17(21)22-12-13-6-2-1-3-7-13/h1-4,6-8,10,15H,5,9,11-12H2,(H,18,20)/t15-/m0/s1. The van der Waals surface area contributed by atoms with Crippen LogP contribution in [0.5, 0.6) is 0 Å². The molecule has 0 radical (unpaired) electrons. The second-order valence-corrected chi connectivity index (χ2v) is 5.35. The van der Waals surface area contributed by atoms with Gasteiger partial charge in [-0.15, -0.1) is 0 Å². The molecule has 1 aliphatic heterocycles. The van der Waals surface area contributed by atoms with E-state index in [-0.39, 0.29) is 24.3 Å². The van der Waals surface area contributed by atoms with E-state index in [1.807, 2.05) is 30.3 Å². The topological polar surface area (TPSA) is 62.4 Å². The molecule has 2 heterocycles. The first kappa shape index (κ1) is 14.4. The monoisotopic (exact) mass is 298 g/mol. The summed E-state index contributed by atoms with van der Waals surface area (Å²) in [5.41, 5.74) is 1.43. The van der Waals surface area contributed by atoms with Crippen LogP contribution in [0.1, 0.15) is 30.0 Å². The van der Waals surface area contributed by atoms with Gasteiger partial charge in [-0.1, -0.05) is 30.3 Å². The van der Waals surface area contributed by atoms with Crippen molar-refractivity contribution in [3.63, 3.8) is 0 Å². The smallest absolute Gasteiger partial charge is 0.410 e. The molecule has 1 aromatic heterocycles. The van der Waals surface area contributed by atoms with Crippen LogP contribution in [-0.4, -0.2) is 22.5 Å². The number of nitrogens with zero attached hydrogens (tertiary/aromatic N) is 1. The number of H-pyrrole nitrogens is 1. The molecule has 0 aliphatic carbocycles. The SMILES string of the molecule is O=C(OCc1ccccc1)N1CCC[C@H]1c1ccc[nH]c1=O. The predicted octanol–water partition coefficient (Wildman–Crippen LogP) is 2.85. The summed E-state index contributed by atoms with van der Waals surface area (Å²) in [7, 11) is 0. The van der Waals surface area contributed by atoms with Crippen molar-refractivity contribution in [3.8, 4) is 0 Å². The van der Waals surface area contributed by atoms with Gasteiger partial charge in [-0.25, -0.2) is 4.79 Å². The Bertz CT molecular complexity index is 696. The lowest BCUT2D eigenvalue weighted by molar-refractivity contribution is 0.0919. The maximum Gasteiger partial charge on any atom is 0.410 e. The number of carbonyl (C=O) groups excluding carboxylic acids is 1. The highest BCUT2D eigenvalue weighted by Gasteiger charge is 2.32. The van der Waals surface area contributed by atoms with Gasteiger partial charge in [-0.3, -0.25) is 4.79 Å². The Labute approximate surface area is 128 Å². The second kappa shape index (κ2) is 6.47. The number of carbonyl (C=O) groups is 1. The highest BCUT2D eigenvalue weighted by molar-refractivity contribution is 5.68. The first-order valence-corrected chi connectivity index (χ1v) is 7.40. The minimum absolute atomic E-state index is 0.143. The quantitative estimate of drug-likeness (QED) is 0.947. The van der Waals surface area contributed by atoms with Gasteiger partial charge in [0.1, 0.15) is 6.61 Å². The van der Waals surface area contributed by atoms with Crippen LogP contribution < -0.4 is 5.56 Å². The van der Waals surface area contributed by atoms with Gasteiger partial charge >= 0.3 is 6.09 Å². The fourth-order valence-corrected chi connectivity index (χ4v) is 2.81. The molecular formula is C17H18N2O3. The summed E-state index contributed by atoms with van der Waals surface area (Å²) in [6, 6.07) is 12.9. The zero-order valence-corrected chi connectivity index (χ0v) is 12.2. The number of nitrogens with one attached hydrogen (secondary N) is 1. The number of likely N-dealkylation sites (tertiary alicyclic amines) is 1. The molecule has 1 fully saturated rings. The van der Waals surface area contributed by atoms with E-state index in [1.54, 1.807) is 23.2 Å². The molecule has 2 aromatic rings. The van der Waals surface area contributed by atoms with Crippen LogP contribution in [0.15, 0.2) is 53.5 Å². The number of hydrogen-bond acceptors (Lipinski definition) is 3. The van der Waals surface area contributed by atoms with Gasteiger partial charge in [0.25, 0.3) is 5.56 Å². The molecule has 22 heavy (non-hydrogen) atoms. The lowest BCUT2D eigenvalue weighted by Gasteiger charge is -2.23. The van der Waals surface area contributed by atoms with E-state index < -0.39 is 0 Å². The zero-order chi connectivity index (χ0) is 15.4. The van der Waals surface area contributed by atoms with Gasteiger partial charge in [-0.05, 0) is 30.5 Å². The Morgan fingerprint density at radius 2 is 2.05 bits per heavy atom. The zero-order valence-electron chi connectivity index (χ0n) is 12.2. The maximum absolute atomic E-state index is 12.3. The van der Waals surface area contributed by atoms with Crippen LogP contribution in [0.3, 0.4) is 0 Å². The normalized spacial score (nSPS) is 17.5. The van der Waals surface area contributed by atoms with E-state index in [1.165, 1.54) is 0 Å². The number of pyridine rings is 1. The number of amides is 1. The summed E-state index contributed by atoms with van der Waals surface area (Å²) < 4.78 is 5.38. The third kappa shape index (κ3) is 3.03. The molecule has 1 atom stereocenters. The molecule has 114 valence electrons. The molecule has 5 nitrogen and oxygen atoms in total. The van der Waals surface area contributed by atoms with Crippen LogP contribution in [0.4, 0.5) is 4.79 Å². The Morgan fingerprint density at radius 1 is 1.23 bits per heavy atom. The number of aromatic amines is 1. The Hall–Kier alpha value is -2.56. The van der Waals surface area contributed by atoms with Crippen LogP contribution in [0.2, 0.25) is 0 Å². The molecule has 1 aliphatic rings. The first-order chi connectivity index (χ1) is 10.8. The molecule has 5 heteroatoms. The number of hydrogen-bond donors (Lipinski definition) is 1. The van der Waals surface area contributed by atoms with Crippen LogP contribution in [-0.2, 0) is 11.3 Å². The third-order valence-corrected chi connectivity index (χ3v) is 3.90. The summed E-state index contributed by atoms with van der Waals surface area (Å²) in [4.78, 5) is 28.5. The number of aromatic nitrogens is 1. The molecule has 0 saturated carbocycles. The Morgan fingerprint density at radius 3 is 2.82 bits per heavy atom.